The van der Waals surface area contributed by atoms with Gasteiger partial charge in [-0.3, -0.25) is 4.72 Å². The van der Waals surface area contributed by atoms with Gasteiger partial charge in [0.25, 0.3) is 0 Å². The van der Waals surface area contributed by atoms with Crippen molar-refractivity contribution in [2.75, 3.05) is 35.8 Å². The Morgan fingerprint density at radius 1 is 1.00 bits per heavy atom. The van der Waals surface area contributed by atoms with Crippen molar-refractivity contribution in [1.29, 1.82) is 0 Å². The molecule has 1 aliphatic rings. The third-order valence-corrected chi connectivity index (χ3v) is 5.64. The van der Waals surface area contributed by atoms with E-state index < -0.39 is 10.2 Å². The van der Waals surface area contributed by atoms with Crippen molar-refractivity contribution in [3.8, 4) is 0 Å². The third-order valence-electron chi connectivity index (χ3n) is 4.13. The lowest BCUT2D eigenvalue weighted by atomic mass is 10.2. The number of anilines is 2. The molecule has 3 heterocycles. The number of nitrogens with one attached hydrogen (secondary N) is 1. The van der Waals surface area contributed by atoms with Crippen LogP contribution in [0.1, 0.15) is 16.8 Å². The molecule has 1 aliphatic heterocycles. The summed E-state index contributed by atoms with van der Waals surface area (Å²) in [6, 6.07) is 7.62. The fraction of sp³-hybridized carbons (Fsp3) is 0.412. The van der Waals surface area contributed by atoms with Crippen molar-refractivity contribution in [3.05, 3.63) is 47.3 Å². The van der Waals surface area contributed by atoms with Gasteiger partial charge >= 0.3 is 10.2 Å². The average Bonchev–Trinajstić information content (AvgIpc) is 2.54. The van der Waals surface area contributed by atoms with Gasteiger partial charge in [-0.15, -0.1) is 0 Å². The Bertz CT molecular complexity index is 824. The number of nitrogens with zero attached hydrogens (tertiary/aromatic N) is 4. The first kappa shape index (κ1) is 17.6. The number of hydrogen-bond acceptors (Lipinski definition) is 5. The zero-order valence-electron chi connectivity index (χ0n) is 14.7. The van der Waals surface area contributed by atoms with Gasteiger partial charge in [-0.25, -0.2) is 9.97 Å². The molecule has 0 radical (unpaired) electrons. The van der Waals surface area contributed by atoms with Crippen molar-refractivity contribution < 1.29 is 8.42 Å². The van der Waals surface area contributed by atoms with Crippen molar-refractivity contribution in [2.24, 2.45) is 0 Å². The number of rotatable bonds is 4. The van der Waals surface area contributed by atoms with Crippen molar-refractivity contribution in [2.45, 2.75) is 20.8 Å². The summed E-state index contributed by atoms with van der Waals surface area (Å²) in [7, 11) is -3.61. The predicted octanol–water partition coefficient (Wildman–Crippen LogP) is 1.88. The molecule has 2 aromatic rings. The number of hydrogen-bond donors (Lipinski definition) is 1. The van der Waals surface area contributed by atoms with Crippen LogP contribution >= 0.6 is 0 Å². The fourth-order valence-corrected chi connectivity index (χ4v) is 4.04. The molecule has 7 nitrogen and oxygen atoms in total. The van der Waals surface area contributed by atoms with E-state index in [2.05, 4.69) is 19.6 Å². The molecule has 1 fully saturated rings. The molecule has 0 spiro atoms. The monoisotopic (exact) mass is 361 g/mol. The van der Waals surface area contributed by atoms with Crippen molar-refractivity contribution in [1.82, 2.24) is 14.3 Å². The Labute approximate surface area is 148 Å². The van der Waals surface area contributed by atoms with Gasteiger partial charge in [0, 0.05) is 38.1 Å². The van der Waals surface area contributed by atoms with E-state index in [1.165, 1.54) is 4.31 Å². The predicted molar refractivity (Wildman–Crippen MR) is 99.0 cm³/mol. The average molecular weight is 361 g/mol. The molecule has 0 aliphatic carbocycles. The van der Waals surface area contributed by atoms with Gasteiger partial charge in [-0.1, -0.05) is 6.07 Å². The fourth-order valence-electron chi connectivity index (χ4n) is 2.89. The lowest BCUT2D eigenvalue weighted by Crippen LogP contribution is -2.50. The first-order valence-corrected chi connectivity index (χ1v) is 9.68. The molecule has 0 atom stereocenters. The smallest absolute Gasteiger partial charge is 0.302 e. The Hall–Kier alpha value is -2.19. The zero-order chi connectivity index (χ0) is 18.0. The normalized spacial score (nSPS) is 16.0. The zero-order valence-corrected chi connectivity index (χ0v) is 15.5. The lowest BCUT2D eigenvalue weighted by Gasteiger charge is -2.34. The van der Waals surface area contributed by atoms with E-state index in [0.29, 0.717) is 32.0 Å². The first-order valence-electron chi connectivity index (χ1n) is 8.24. The number of aryl methyl sites for hydroxylation is 3. The molecule has 0 saturated carbocycles. The van der Waals surface area contributed by atoms with Gasteiger partial charge in [0.2, 0.25) is 0 Å². The molecule has 25 heavy (non-hydrogen) atoms. The van der Waals surface area contributed by atoms with E-state index >= 15 is 0 Å². The molecule has 2 aromatic heterocycles. The third kappa shape index (κ3) is 4.26. The van der Waals surface area contributed by atoms with Gasteiger partial charge < -0.3 is 4.90 Å². The number of pyridine rings is 2. The highest BCUT2D eigenvalue weighted by Crippen LogP contribution is 2.17. The van der Waals surface area contributed by atoms with E-state index in [-0.39, 0.29) is 0 Å². The molecular formula is C17H23N5O2S. The first-order chi connectivity index (χ1) is 11.8. The maximum Gasteiger partial charge on any atom is 0.302 e. The van der Waals surface area contributed by atoms with Gasteiger partial charge in [0.1, 0.15) is 11.6 Å². The second-order valence-corrected chi connectivity index (χ2v) is 8.03. The van der Waals surface area contributed by atoms with Gasteiger partial charge in [-0.05, 0) is 50.1 Å². The van der Waals surface area contributed by atoms with Crippen molar-refractivity contribution >= 4 is 21.8 Å². The van der Waals surface area contributed by atoms with Crippen LogP contribution < -0.4 is 9.62 Å². The second kappa shape index (κ2) is 6.97. The quantitative estimate of drug-likeness (QED) is 0.900. The van der Waals surface area contributed by atoms with Gasteiger partial charge in [-0.2, -0.15) is 12.7 Å². The summed E-state index contributed by atoms with van der Waals surface area (Å²) < 4.78 is 29.3. The Kier molecular flexibility index (Phi) is 4.91. The Morgan fingerprint density at radius 3 is 2.32 bits per heavy atom. The van der Waals surface area contributed by atoms with Crippen LogP contribution in [0.15, 0.2) is 30.5 Å². The highest BCUT2D eigenvalue weighted by molar-refractivity contribution is 7.90. The number of aromatic nitrogens is 2. The van der Waals surface area contributed by atoms with Crippen LogP contribution in [-0.4, -0.2) is 48.9 Å². The van der Waals surface area contributed by atoms with Crippen molar-refractivity contribution in [3.63, 3.8) is 0 Å². The molecular weight excluding hydrogens is 338 g/mol. The summed E-state index contributed by atoms with van der Waals surface area (Å²) in [5, 5.41) is 0. The minimum Gasteiger partial charge on any atom is -0.354 e. The van der Waals surface area contributed by atoms with Gasteiger partial charge in [0.15, 0.2) is 0 Å². The Morgan fingerprint density at radius 2 is 1.72 bits per heavy atom. The van der Waals surface area contributed by atoms with Crippen LogP contribution in [0.3, 0.4) is 0 Å². The SMILES string of the molecule is Cc1ccc(N2CCN(S(=O)(=O)Nc3cc(C)cc(C)n3)CC2)nc1. The largest absolute Gasteiger partial charge is 0.354 e. The van der Waals surface area contributed by atoms with Crippen LogP contribution in [0, 0.1) is 20.8 Å². The summed E-state index contributed by atoms with van der Waals surface area (Å²) in [6.45, 7) is 7.80. The molecule has 0 amide bonds. The molecule has 134 valence electrons. The second-order valence-electron chi connectivity index (χ2n) is 6.36. The maximum atomic E-state index is 12.6. The molecule has 8 heteroatoms. The Balaban J connectivity index is 1.65. The van der Waals surface area contributed by atoms with E-state index in [4.69, 9.17) is 0 Å². The lowest BCUT2D eigenvalue weighted by molar-refractivity contribution is 0.386. The summed E-state index contributed by atoms with van der Waals surface area (Å²) in [4.78, 5) is 10.8. The van der Waals surface area contributed by atoms with E-state index in [0.717, 1.165) is 22.6 Å². The van der Waals surface area contributed by atoms with Crippen LogP contribution in [-0.2, 0) is 10.2 Å². The van der Waals surface area contributed by atoms with Crippen LogP contribution in [0.25, 0.3) is 0 Å². The highest BCUT2D eigenvalue weighted by Gasteiger charge is 2.27. The summed E-state index contributed by atoms with van der Waals surface area (Å²) in [5.74, 6) is 1.24. The summed E-state index contributed by atoms with van der Waals surface area (Å²) in [5.41, 5.74) is 2.86. The van der Waals surface area contributed by atoms with E-state index in [9.17, 15) is 8.42 Å². The molecule has 1 N–H and O–H groups in total. The van der Waals surface area contributed by atoms with E-state index in [1.54, 1.807) is 6.07 Å². The minimum atomic E-state index is -3.61. The number of piperazine rings is 1. The molecule has 0 bridgehead atoms. The molecule has 3 rings (SSSR count). The summed E-state index contributed by atoms with van der Waals surface area (Å²) in [6.07, 6.45) is 1.83. The minimum absolute atomic E-state index is 0.361. The summed E-state index contributed by atoms with van der Waals surface area (Å²) >= 11 is 0. The molecule has 1 saturated heterocycles. The standard InChI is InChI=1S/C17H23N5O2S/c1-13-4-5-17(18-12-13)21-6-8-22(9-7-21)25(23,24)20-16-11-14(2)10-15(3)19-16/h4-5,10-12H,6-9H2,1-3H3,(H,19,20). The highest BCUT2D eigenvalue weighted by atomic mass is 32.2. The van der Waals surface area contributed by atoms with E-state index in [1.807, 2.05) is 45.2 Å². The van der Waals surface area contributed by atoms with Crippen LogP contribution in [0.4, 0.5) is 11.6 Å². The molecule has 0 aromatic carbocycles. The van der Waals surface area contributed by atoms with Crippen LogP contribution in [0.5, 0.6) is 0 Å². The topological polar surface area (TPSA) is 78.4 Å². The maximum absolute atomic E-state index is 12.6. The molecule has 0 unspecified atom stereocenters. The van der Waals surface area contributed by atoms with Gasteiger partial charge in [0.05, 0.1) is 0 Å². The van der Waals surface area contributed by atoms with Crippen LogP contribution in [0.2, 0.25) is 0 Å².